The maximum atomic E-state index is 6.46. The summed E-state index contributed by atoms with van der Waals surface area (Å²) in [5.74, 6) is 2.47. The third kappa shape index (κ3) is 6.13. The number of benzene rings is 9. The Morgan fingerprint density at radius 3 is 1.60 bits per heavy atom. The van der Waals surface area contributed by atoms with Crippen LogP contribution in [0.3, 0.4) is 0 Å². The largest absolute Gasteiger partial charge is 0.436 e. The van der Waals surface area contributed by atoms with E-state index in [0.29, 0.717) is 23.4 Å². The Labute approximate surface area is 373 Å². The molecule has 0 saturated heterocycles. The average Bonchev–Trinajstić information content (AvgIpc) is 4.06. The van der Waals surface area contributed by atoms with Gasteiger partial charge in [0.2, 0.25) is 5.89 Å². The van der Waals surface area contributed by atoms with E-state index >= 15 is 0 Å². The molecule has 4 aromatic heterocycles. The maximum Gasteiger partial charge on any atom is 0.227 e. The normalized spacial score (nSPS) is 11.7. The van der Waals surface area contributed by atoms with Gasteiger partial charge in [-0.1, -0.05) is 152 Å². The van der Waals surface area contributed by atoms with E-state index in [9.17, 15) is 0 Å². The van der Waals surface area contributed by atoms with Gasteiger partial charge >= 0.3 is 0 Å². The Morgan fingerprint density at radius 1 is 0.323 bits per heavy atom. The molecule has 13 rings (SSSR count). The Balaban J connectivity index is 1.01. The second-order valence-corrected chi connectivity index (χ2v) is 16.3. The number of rotatable bonds is 7. The molecule has 4 heterocycles. The van der Waals surface area contributed by atoms with Crippen molar-refractivity contribution in [3.05, 3.63) is 218 Å². The summed E-state index contributed by atoms with van der Waals surface area (Å²) in [7, 11) is 0. The second kappa shape index (κ2) is 14.9. The molecule has 0 spiro atoms. The highest BCUT2D eigenvalue weighted by molar-refractivity contribution is 6.17. The number of fused-ring (bicyclic) bond motifs is 7. The fourth-order valence-corrected chi connectivity index (χ4v) is 9.41. The van der Waals surface area contributed by atoms with E-state index < -0.39 is 0 Å². The molecule has 304 valence electrons. The van der Waals surface area contributed by atoms with Crippen molar-refractivity contribution in [1.82, 2.24) is 29.1 Å². The minimum Gasteiger partial charge on any atom is -0.436 e. The minimum absolute atomic E-state index is 0.608. The molecule has 0 amide bonds. The van der Waals surface area contributed by atoms with Crippen LogP contribution in [0.1, 0.15) is 0 Å². The Kier molecular flexibility index (Phi) is 8.39. The lowest BCUT2D eigenvalue weighted by atomic mass is 9.99. The summed E-state index contributed by atoms with van der Waals surface area (Å²) in [5.41, 5.74) is 14.0. The van der Waals surface area contributed by atoms with E-state index in [-0.39, 0.29) is 0 Å². The van der Waals surface area contributed by atoms with Gasteiger partial charge in [-0.2, -0.15) is 0 Å². The molecule has 0 aliphatic heterocycles. The van der Waals surface area contributed by atoms with Crippen LogP contribution < -0.4 is 0 Å². The van der Waals surface area contributed by atoms with Crippen LogP contribution in [-0.4, -0.2) is 29.1 Å². The monoisotopic (exact) mass is 832 g/mol. The van der Waals surface area contributed by atoms with Gasteiger partial charge < -0.3 is 13.6 Å². The van der Waals surface area contributed by atoms with Gasteiger partial charge in [-0.3, -0.25) is 0 Å². The minimum atomic E-state index is 0.608. The zero-order valence-corrected chi connectivity index (χ0v) is 34.9. The molecule has 0 N–H and O–H groups in total. The number of aromatic nitrogens is 6. The SMILES string of the molecule is c1ccc(-c2nc(-c3ccccc3)nc(-c3cccc(-n4c5ccccc5c5cccc(-c6ccc7c(c6)c6cc8oc(-c9ccccc9)nc8cc6n7-c6ccccc6)c54)c3)n2)cc1. The van der Waals surface area contributed by atoms with Crippen molar-refractivity contribution in [2.75, 3.05) is 0 Å². The van der Waals surface area contributed by atoms with E-state index in [1.165, 1.54) is 10.8 Å². The van der Waals surface area contributed by atoms with Crippen molar-refractivity contribution in [2.24, 2.45) is 0 Å². The van der Waals surface area contributed by atoms with Gasteiger partial charge in [-0.15, -0.1) is 0 Å². The fraction of sp³-hybridized carbons (Fsp3) is 0. The van der Waals surface area contributed by atoms with Crippen LogP contribution in [0.15, 0.2) is 223 Å². The van der Waals surface area contributed by atoms with Crippen LogP contribution >= 0.6 is 0 Å². The quantitative estimate of drug-likeness (QED) is 0.160. The van der Waals surface area contributed by atoms with Gasteiger partial charge in [-0.25, -0.2) is 19.9 Å². The van der Waals surface area contributed by atoms with Gasteiger partial charge in [0.25, 0.3) is 0 Å². The molecule has 7 heteroatoms. The Bertz CT molecular complexity index is 3870. The van der Waals surface area contributed by atoms with Crippen molar-refractivity contribution in [2.45, 2.75) is 0 Å². The molecular weight excluding hydrogens is 797 g/mol. The number of oxazole rings is 1. The summed E-state index contributed by atoms with van der Waals surface area (Å²) in [5, 5.41) is 4.57. The number of nitrogens with zero attached hydrogens (tertiary/aromatic N) is 6. The third-order valence-electron chi connectivity index (χ3n) is 12.4. The summed E-state index contributed by atoms with van der Waals surface area (Å²) < 4.78 is 11.2. The van der Waals surface area contributed by atoms with Crippen LogP contribution in [0.25, 0.3) is 123 Å². The lowest BCUT2D eigenvalue weighted by Crippen LogP contribution is -2.01. The first-order chi connectivity index (χ1) is 32.2. The summed E-state index contributed by atoms with van der Waals surface area (Å²) >= 11 is 0. The van der Waals surface area contributed by atoms with E-state index in [1.54, 1.807) is 0 Å². The van der Waals surface area contributed by atoms with Crippen molar-refractivity contribution < 1.29 is 4.42 Å². The van der Waals surface area contributed by atoms with Crippen LogP contribution in [0.5, 0.6) is 0 Å². The predicted octanol–water partition coefficient (Wildman–Crippen LogP) is 14.5. The Hall–Kier alpha value is -8.94. The van der Waals surface area contributed by atoms with E-state index in [4.69, 9.17) is 24.4 Å². The van der Waals surface area contributed by atoms with Crippen LogP contribution in [0, 0.1) is 0 Å². The average molecular weight is 833 g/mol. The first-order valence-corrected chi connectivity index (χ1v) is 21.7. The number of hydrogen-bond donors (Lipinski definition) is 0. The number of hydrogen-bond acceptors (Lipinski definition) is 5. The van der Waals surface area contributed by atoms with Crippen molar-refractivity contribution in [1.29, 1.82) is 0 Å². The third-order valence-corrected chi connectivity index (χ3v) is 12.4. The molecular formula is C58H36N6O. The van der Waals surface area contributed by atoms with Crippen LogP contribution in [0.2, 0.25) is 0 Å². The predicted molar refractivity (Wildman–Crippen MR) is 263 cm³/mol. The summed E-state index contributed by atoms with van der Waals surface area (Å²) in [6.45, 7) is 0. The molecule has 7 nitrogen and oxygen atoms in total. The first kappa shape index (κ1) is 36.7. The first-order valence-electron chi connectivity index (χ1n) is 21.7. The molecule has 0 radical (unpaired) electrons. The topological polar surface area (TPSA) is 74.6 Å². The van der Waals surface area contributed by atoms with Crippen molar-refractivity contribution in [3.8, 4) is 68.1 Å². The molecule has 0 atom stereocenters. The standard InChI is InChI=1S/C58H36N6O/c1-5-17-37(18-6-1)55-60-56(38-19-7-2-8-20-38)62-57(61-55)41-23-15-26-43(33-41)64-50-30-14-13-27-45(50)46-29-16-28-44(54(46)64)40-31-32-51-47(34-40)48-35-53-49(59-58(65-53)39-21-9-3-10-22-39)36-52(48)63(51)42-24-11-4-12-25-42/h1-36H. The van der Waals surface area contributed by atoms with Gasteiger partial charge in [0.1, 0.15) is 5.52 Å². The van der Waals surface area contributed by atoms with Crippen molar-refractivity contribution in [3.63, 3.8) is 0 Å². The highest BCUT2D eigenvalue weighted by Gasteiger charge is 2.21. The van der Waals surface area contributed by atoms with Crippen molar-refractivity contribution >= 4 is 54.7 Å². The van der Waals surface area contributed by atoms with Gasteiger partial charge in [-0.05, 0) is 72.3 Å². The molecule has 9 aromatic carbocycles. The summed E-state index contributed by atoms with van der Waals surface area (Å²) in [6.07, 6.45) is 0. The Morgan fingerprint density at radius 2 is 0.877 bits per heavy atom. The molecule has 0 aliphatic rings. The van der Waals surface area contributed by atoms with Gasteiger partial charge in [0.15, 0.2) is 23.1 Å². The second-order valence-electron chi connectivity index (χ2n) is 16.3. The number of para-hydroxylation sites is 3. The molecule has 13 aromatic rings. The van der Waals surface area contributed by atoms with E-state index in [1.807, 2.05) is 91.0 Å². The molecule has 0 fully saturated rings. The lowest BCUT2D eigenvalue weighted by Gasteiger charge is -2.14. The fourth-order valence-electron chi connectivity index (χ4n) is 9.41. The zero-order valence-electron chi connectivity index (χ0n) is 34.9. The van der Waals surface area contributed by atoms with E-state index in [0.717, 1.165) is 88.7 Å². The molecule has 0 unspecified atom stereocenters. The highest BCUT2D eigenvalue weighted by Crippen LogP contribution is 2.42. The van der Waals surface area contributed by atoms with Crippen LogP contribution in [-0.2, 0) is 0 Å². The zero-order chi connectivity index (χ0) is 42.8. The summed E-state index contributed by atoms with van der Waals surface area (Å²) in [6, 6.07) is 75.9. The van der Waals surface area contributed by atoms with E-state index in [2.05, 4.69) is 137 Å². The summed E-state index contributed by atoms with van der Waals surface area (Å²) in [4.78, 5) is 20.1. The molecule has 65 heavy (non-hydrogen) atoms. The molecule has 0 aliphatic carbocycles. The molecule has 0 bridgehead atoms. The smallest absolute Gasteiger partial charge is 0.227 e. The lowest BCUT2D eigenvalue weighted by molar-refractivity contribution is 0.620. The molecule has 0 saturated carbocycles. The van der Waals surface area contributed by atoms with Gasteiger partial charge in [0, 0.05) is 60.7 Å². The van der Waals surface area contributed by atoms with Crippen LogP contribution in [0.4, 0.5) is 0 Å². The van der Waals surface area contributed by atoms with Gasteiger partial charge in [0.05, 0.1) is 22.1 Å². The maximum absolute atomic E-state index is 6.46. The highest BCUT2D eigenvalue weighted by atomic mass is 16.3.